The Bertz CT molecular complexity index is 1130. The second-order valence-electron chi connectivity index (χ2n) is 8.19. The molecule has 0 atom stereocenters. The molecule has 1 aromatic heterocycles. The first-order valence-corrected chi connectivity index (χ1v) is 11.5. The summed E-state index contributed by atoms with van der Waals surface area (Å²) < 4.78 is 25.3. The Morgan fingerprint density at radius 1 is 0.853 bits per heavy atom. The van der Waals surface area contributed by atoms with Crippen molar-refractivity contribution in [1.82, 2.24) is 15.0 Å². The van der Waals surface area contributed by atoms with E-state index in [9.17, 15) is 4.39 Å². The Hall–Kier alpha value is -3.66. The van der Waals surface area contributed by atoms with Crippen LogP contribution in [0.1, 0.15) is 12.8 Å². The van der Waals surface area contributed by atoms with Crippen LogP contribution in [0.25, 0.3) is 0 Å². The molecule has 0 aliphatic carbocycles. The predicted molar refractivity (Wildman–Crippen MR) is 130 cm³/mol. The molecule has 178 valence electrons. The summed E-state index contributed by atoms with van der Waals surface area (Å²) in [4.78, 5) is 18.1. The van der Waals surface area contributed by atoms with Gasteiger partial charge in [-0.3, -0.25) is 0 Å². The highest BCUT2D eigenvalue weighted by Gasteiger charge is 2.19. The van der Waals surface area contributed by atoms with Crippen LogP contribution in [0.2, 0.25) is 0 Å². The first-order chi connectivity index (χ1) is 16.7. The van der Waals surface area contributed by atoms with Crippen LogP contribution in [0.5, 0.6) is 5.75 Å². The maximum atomic E-state index is 14.2. The maximum Gasteiger partial charge on any atom is 0.233 e. The van der Waals surface area contributed by atoms with E-state index >= 15 is 0 Å². The summed E-state index contributed by atoms with van der Waals surface area (Å²) in [7, 11) is 1.64. The van der Waals surface area contributed by atoms with Gasteiger partial charge >= 0.3 is 0 Å². The van der Waals surface area contributed by atoms with Crippen LogP contribution in [-0.2, 0) is 4.74 Å². The van der Waals surface area contributed by atoms with E-state index in [0.29, 0.717) is 36.5 Å². The summed E-state index contributed by atoms with van der Waals surface area (Å²) in [5.74, 6) is 1.48. The van der Waals surface area contributed by atoms with Crippen LogP contribution >= 0.6 is 0 Å². The number of ether oxygens (including phenoxy) is 2. The van der Waals surface area contributed by atoms with Crippen LogP contribution in [0.3, 0.4) is 0 Å². The maximum absolute atomic E-state index is 14.2. The van der Waals surface area contributed by atoms with Crippen molar-refractivity contribution in [3.05, 3.63) is 48.3 Å². The first kappa shape index (κ1) is 22.1. The lowest BCUT2D eigenvalue weighted by atomic mass is 10.2. The molecular formula is C24H28FN7O2. The summed E-state index contributed by atoms with van der Waals surface area (Å²) in [5, 5.41) is 6.26. The highest BCUT2D eigenvalue weighted by molar-refractivity contribution is 5.69. The second kappa shape index (κ2) is 10.1. The van der Waals surface area contributed by atoms with Gasteiger partial charge in [0.25, 0.3) is 0 Å². The number of hydrogen-bond acceptors (Lipinski definition) is 9. The topological polar surface area (TPSA) is 87.7 Å². The Balaban J connectivity index is 1.44. The third kappa shape index (κ3) is 4.96. The van der Waals surface area contributed by atoms with Gasteiger partial charge in [0.1, 0.15) is 11.6 Å². The largest absolute Gasteiger partial charge is 0.494 e. The lowest BCUT2D eigenvalue weighted by Crippen LogP contribution is -2.36. The number of nitrogens with zero attached hydrogens (tertiary/aromatic N) is 5. The first-order valence-electron chi connectivity index (χ1n) is 11.5. The van der Waals surface area contributed by atoms with E-state index in [1.807, 2.05) is 18.2 Å². The number of rotatable bonds is 7. The second-order valence-corrected chi connectivity index (χ2v) is 8.19. The van der Waals surface area contributed by atoms with Gasteiger partial charge < -0.3 is 29.9 Å². The average molecular weight is 466 g/mol. The van der Waals surface area contributed by atoms with Gasteiger partial charge in [0.05, 0.1) is 31.7 Å². The number of anilines is 6. The molecule has 2 aliphatic heterocycles. The molecule has 2 aliphatic rings. The van der Waals surface area contributed by atoms with E-state index in [4.69, 9.17) is 9.47 Å². The number of nitrogens with one attached hydrogen (secondary N) is 2. The molecule has 3 heterocycles. The molecule has 10 heteroatoms. The van der Waals surface area contributed by atoms with Gasteiger partial charge in [-0.15, -0.1) is 0 Å². The predicted octanol–water partition coefficient (Wildman–Crippen LogP) is 3.94. The van der Waals surface area contributed by atoms with Crippen LogP contribution < -0.4 is 25.2 Å². The molecule has 2 aromatic carbocycles. The summed E-state index contributed by atoms with van der Waals surface area (Å²) in [6.07, 6.45) is 2.17. The van der Waals surface area contributed by atoms with Crippen LogP contribution in [0.15, 0.2) is 42.5 Å². The summed E-state index contributed by atoms with van der Waals surface area (Å²) in [5.41, 5.74) is 2.11. The van der Waals surface area contributed by atoms with E-state index in [1.165, 1.54) is 6.07 Å². The van der Waals surface area contributed by atoms with Crippen LogP contribution in [0, 0.1) is 5.82 Å². The van der Waals surface area contributed by atoms with Gasteiger partial charge in [-0.25, -0.2) is 4.39 Å². The lowest BCUT2D eigenvalue weighted by molar-refractivity contribution is 0.122. The number of para-hydroxylation sites is 1. The van der Waals surface area contributed by atoms with E-state index < -0.39 is 0 Å². The summed E-state index contributed by atoms with van der Waals surface area (Å²) >= 11 is 0. The molecule has 34 heavy (non-hydrogen) atoms. The van der Waals surface area contributed by atoms with Crippen molar-refractivity contribution in [3.8, 4) is 5.75 Å². The van der Waals surface area contributed by atoms with Crippen LogP contribution in [0.4, 0.5) is 39.3 Å². The van der Waals surface area contributed by atoms with Crippen molar-refractivity contribution in [2.75, 3.05) is 66.9 Å². The lowest BCUT2D eigenvalue weighted by Gasteiger charge is -2.29. The molecule has 9 nitrogen and oxygen atoms in total. The standard InChI is InChI=1S/C24H28FN7O2/c1-33-21-16-17(31-12-14-34-15-13-31)8-9-20(21)27-23-28-22(26-19-7-3-2-6-18(19)25)29-24(30-23)32-10-4-5-11-32/h2-3,6-9,16H,4-5,10-15H2,1H3,(H2,26,27,28,29,30). The molecule has 2 saturated heterocycles. The smallest absolute Gasteiger partial charge is 0.233 e. The molecule has 0 bridgehead atoms. The quantitative estimate of drug-likeness (QED) is 0.539. The molecule has 5 rings (SSSR count). The molecule has 0 spiro atoms. The highest BCUT2D eigenvalue weighted by Crippen LogP contribution is 2.32. The van der Waals surface area contributed by atoms with Crippen LogP contribution in [-0.4, -0.2) is 61.5 Å². The third-order valence-corrected chi connectivity index (χ3v) is 5.94. The Kier molecular flexibility index (Phi) is 6.57. The SMILES string of the molecule is COc1cc(N2CCOCC2)ccc1Nc1nc(Nc2ccccc2F)nc(N2CCCC2)n1. The number of methoxy groups -OCH3 is 1. The van der Waals surface area contributed by atoms with Crippen molar-refractivity contribution in [3.63, 3.8) is 0 Å². The minimum absolute atomic E-state index is 0.272. The van der Waals surface area contributed by atoms with Crippen molar-refractivity contribution >= 4 is 34.9 Å². The van der Waals surface area contributed by atoms with E-state index in [1.54, 1.807) is 25.3 Å². The van der Waals surface area contributed by atoms with Gasteiger partial charge in [-0.1, -0.05) is 12.1 Å². The minimum atomic E-state index is -0.375. The number of morpholine rings is 1. The molecule has 0 saturated carbocycles. The highest BCUT2D eigenvalue weighted by atomic mass is 19.1. The molecule has 2 N–H and O–H groups in total. The zero-order valence-electron chi connectivity index (χ0n) is 19.1. The van der Waals surface area contributed by atoms with Crippen molar-refractivity contribution in [2.24, 2.45) is 0 Å². The summed E-state index contributed by atoms with van der Waals surface area (Å²) in [6, 6.07) is 12.4. The molecule has 0 unspecified atom stereocenters. The van der Waals surface area contributed by atoms with Gasteiger partial charge in [-0.2, -0.15) is 15.0 Å². The summed E-state index contributed by atoms with van der Waals surface area (Å²) in [6.45, 7) is 4.86. The number of halogens is 1. The van der Waals surface area contributed by atoms with E-state index in [2.05, 4.69) is 35.4 Å². The van der Waals surface area contributed by atoms with Gasteiger partial charge in [-0.05, 0) is 37.1 Å². The number of aromatic nitrogens is 3. The molecular weight excluding hydrogens is 437 g/mol. The minimum Gasteiger partial charge on any atom is -0.494 e. The molecule has 3 aromatic rings. The van der Waals surface area contributed by atoms with Gasteiger partial charge in [0.15, 0.2) is 0 Å². The van der Waals surface area contributed by atoms with Crippen molar-refractivity contribution in [2.45, 2.75) is 12.8 Å². The zero-order chi connectivity index (χ0) is 23.3. The number of benzene rings is 2. The van der Waals surface area contributed by atoms with Crippen molar-refractivity contribution in [1.29, 1.82) is 0 Å². The Labute approximate surface area is 197 Å². The van der Waals surface area contributed by atoms with Crippen molar-refractivity contribution < 1.29 is 13.9 Å². The Morgan fingerprint density at radius 2 is 1.56 bits per heavy atom. The fraction of sp³-hybridized carbons (Fsp3) is 0.375. The van der Waals surface area contributed by atoms with Gasteiger partial charge in [0.2, 0.25) is 17.8 Å². The molecule has 2 fully saturated rings. The normalized spacial score (nSPS) is 15.9. The number of hydrogen-bond donors (Lipinski definition) is 2. The molecule has 0 radical (unpaired) electrons. The van der Waals surface area contributed by atoms with E-state index in [0.717, 1.165) is 50.4 Å². The Morgan fingerprint density at radius 3 is 2.26 bits per heavy atom. The average Bonchev–Trinajstić information content (AvgIpc) is 3.41. The van der Waals surface area contributed by atoms with E-state index in [-0.39, 0.29) is 11.8 Å². The fourth-order valence-corrected chi connectivity index (χ4v) is 4.14. The molecule has 0 amide bonds. The monoisotopic (exact) mass is 465 g/mol. The fourth-order valence-electron chi connectivity index (χ4n) is 4.14. The third-order valence-electron chi connectivity index (χ3n) is 5.94. The zero-order valence-corrected chi connectivity index (χ0v) is 19.1. The van der Waals surface area contributed by atoms with Gasteiger partial charge in [0, 0.05) is 37.9 Å².